The molecule has 1 unspecified atom stereocenters. The topological polar surface area (TPSA) is 13.0 Å². The summed E-state index contributed by atoms with van der Waals surface area (Å²) < 4.78 is 12.9. The van der Waals surface area contributed by atoms with E-state index in [1.54, 1.807) is 0 Å². The van der Waals surface area contributed by atoms with Crippen molar-refractivity contribution in [2.24, 2.45) is 0 Å². The molecule has 0 N–H and O–H groups in total. The highest BCUT2D eigenvalue weighted by Crippen LogP contribution is 2.21. The lowest BCUT2D eigenvalue weighted by atomic mass is 10.1. The van der Waals surface area contributed by atoms with Gasteiger partial charge in [-0.15, -0.1) is 0 Å². The van der Waals surface area contributed by atoms with Crippen LogP contribution in [0.5, 0.6) is 0 Å². The number of rotatable bonds is 4. The van der Waals surface area contributed by atoms with Gasteiger partial charge in [0.2, 0.25) is 0 Å². The molecular weight excluding hydrogens is 399 g/mol. The first-order chi connectivity index (χ1) is 15.3. The predicted molar refractivity (Wildman–Crippen MR) is 135 cm³/mol. The van der Waals surface area contributed by atoms with Gasteiger partial charge in [0.15, 0.2) is 0 Å². The molecular formula is C27H41FN4. The van der Waals surface area contributed by atoms with Gasteiger partial charge < -0.3 is 9.80 Å². The molecule has 0 amide bonds. The fourth-order valence-corrected chi connectivity index (χ4v) is 4.76. The zero-order valence-electron chi connectivity index (χ0n) is 20.5. The van der Waals surface area contributed by atoms with Crippen LogP contribution in [0.25, 0.3) is 0 Å². The molecule has 4 rings (SSSR count). The number of hydrogen-bond acceptors (Lipinski definition) is 4. The van der Waals surface area contributed by atoms with Gasteiger partial charge in [-0.1, -0.05) is 18.2 Å². The van der Waals surface area contributed by atoms with Gasteiger partial charge in [0, 0.05) is 75.3 Å². The summed E-state index contributed by atoms with van der Waals surface area (Å²) in [4.78, 5) is 9.86. The first-order valence-corrected chi connectivity index (χ1v) is 12.2. The maximum Gasteiger partial charge on any atom is 0.123 e. The summed E-state index contributed by atoms with van der Waals surface area (Å²) in [6.07, 6.45) is 0. The molecule has 0 aromatic heterocycles. The fraction of sp³-hybridized carbons (Fsp3) is 0.556. The Labute approximate surface area is 194 Å². The second kappa shape index (κ2) is 11.7. The van der Waals surface area contributed by atoms with Gasteiger partial charge in [0.1, 0.15) is 5.82 Å². The molecule has 2 aliphatic rings. The molecule has 2 aromatic rings. The lowest BCUT2D eigenvalue weighted by molar-refractivity contribution is 0.148. The summed E-state index contributed by atoms with van der Waals surface area (Å²) in [5.74, 6) is -0.164. The number of hydrogen-bond donors (Lipinski definition) is 0. The summed E-state index contributed by atoms with van der Waals surface area (Å²) in [5, 5.41) is 0. The third-order valence-electron chi connectivity index (χ3n) is 6.70. The average Bonchev–Trinajstić information content (AvgIpc) is 2.80. The number of anilines is 2. The molecule has 0 bridgehead atoms. The van der Waals surface area contributed by atoms with Crippen LogP contribution in [0, 0.1) is 5.82 Å². The number of halogens is 1. The predicted octanol–water partition coefficient (Wildman–Crippen LogP) is 4.96. The van der Waals surface area contributed by atoms with Gasteiger partial charge in [-0.2, -0.15) is 0 Å². The largest absolute Gasteiger partial charge is 0.369 e. The summed E-state index contributed by atoms with van der Waals surface area (Å²) >= 11 is 0. The van der Waals surface area contributed by atoms with Crippen LogP contribution in [0.4, 0.5) is 15.8 Å². The highest BCUT2D eigenvalue weighted by atomic mass is 19.1. The first kappa shape index (κ1) is 24.5. The van der Waals surface area contributed by atoms with E-state index in [1.165, 1.54) is 30.9 Å². The van der Waals surface area contributed by atoms with Crippen LogP contribution in [-0.2, 0) is 0 Å². The minimum atomic E-state index is -0.164. The molecule has 1 atom stereocenters. The maximum atomic E-state index is 12.9. The highest BCUT2D eigenvalue weighted by Gasteiger charge is 2.25. The van der Waals surface area contributed by atoms with Crippen molar-refractivity contribution in [3.63, 3.8) is 0 Å². The van der Waals surface area contributed by atoms with Crippen LogP contribution in [-0.4, -0.2) is 73.7 Å². The van der Waals surface area contributed by atoms with Crippen LogP contribution in [0.3, 0.4) is 0 Å². The van der Waals surface area contributed by atoms with Gasteiger partial charge in [0.25, 0.3) is 0 Å². The normalized spacial score (nSPS) is 20.4. The van der Waals surface area contributed by atoms with E-state index in [-0.39, 0.29) is 5.82 Å². The monoisotopic (exact) mass is 440 g/mol. The van der Waals surface area contributed by atoms with E-state index in [2.05, 4.69) is 84.6 Å². The molecule has 2 aliphatic heterocycles. The second-order valence-electron chi connectivity index (χ2n) is 9.56. The molecule has 2 saturated heterocycles. The van der Waals surface area contributed by atoms with E-state index in [4.69, 9.17) is 0 Å². The van der Waals surface area contributed by atoms with E-state index in [0.717, 1.165) is 38.4 Å². The van der Waals surface area contributed by atoms with E-state index >= 15 is 0 Å². The maximum absolute atomic E-state index is 12.9. The van der Waals surface area contributed by atoms with Crippen molar-refractivity contribution in [2.45, 2.75) is 52.7 Å². The summed E-state index contributed by atoms with van der Waals surface area (Å²) in [7, 11) is 0. The summed E-state index contributed by atoms with van der Waals surface area (Å²) in [5.41, 5.74) is 2.49. The van der Waals surface area contributed by atoms with Gasteiger partial charge in [-0.05, 0) is 71.0 Å². The van der Waals surface area contributed by atoms with E-state index in [9.17, 15) is 4.39 Å². The number of para-hydroxylation sites is 1. The molecule has 32 heavy (non-hydrogen) atoms. The molecule has 176 valence electrons. The van der Waals surface area contributed by atoms with Gasteiger partial charge in [-0.3, -0.25) is 9.80 Å². The lowest BCUT2D eigenvalue weighted by Crippen LogP contribution is -2.54. The number of nitrogens with zero attached hydrogens (tertiary/aromatic N) is 4. The number of piperazine rings is 2. The van der Waals surface area contributed by atoms with Crippen LogP contribution in [0.1, 0.15) is 34.6 Å². The molecule has 0 radical (unpaired) electrons. The minimum absolute atomic E-state index is 0.164. The van der Waals surface area contributed by atoms with Gasteiger partial charge >= 0.3 is 0 Å². The van der Waals surface area contributed by atoms with Crippen LogP contribution in [0.2, 0.25) is 0 Å². The Kier molecular flexibility index (Phi) is 8.94. The Balaban J connectivity index is 0.000000182. The van der Waals surface area contributed by atoms with Crippen LogP contribution in [0.15, 0.2) is 54.6 Å². The van der Waals surface area contributed by atoms with Crippen molar-refractivity contribution in [1.82, 2.24) is 9.80 Å². The third-order valence-corrected chi connectivity index (χ3v) is 6.70. The first-order valence-electron chi connectivity index (χ1n) is 12.2. The Morgan fingerprint density at radius 1 is 0.688 bits per heavy atom. The standard InChI is InChI=1S/C14H21FN2.C13H20N2/c1-11(2)17-9-8-16(10-12(17)3)14-6-4-13(15)5-7-14;1-12(2)14-8-10-15(11-9-14)13-6-4-3-5-7-13/h4-7,11-12H,8-10H2,1-3H3;3-7,12H,8-11H2,1-2H3. The lowest BCUT2D eigenvalue weighted by Gasteiger charge is -2.43. The third kappa shape index (κ3) is 6.69. The Morgan fingerprint density at radius 2 is 1.25 bits per heavy atom. The zero-order chi connectivity index (χ0) is 23.1. The molecule has 0 aliphatic carbocycles. The number of benzene rings is 2. The van der Waals surface area contributed by atoms with E-state index < -0.39 is 0 Å². The molecule has 0 saturated carbocycles. The van der Waals surface area contributed by atoms with E-state index in [1.807, 2.05) is 12.1 Å². The van der Waals surface area contributed by atoms with Crippen molar-refractivity contribution < 1.29 is 4.39 Å². The molecule has 2 fully saturated rings. The Bertz CT molecular complexity index is 785. The van der Waals surface area contributed by atoms with E-state index in [0.29, 0.717) is 18.1 Å². The summed E-state index contributed by atoms with van der Waals surface area (Å²) in [6, 6.07) is 19.3. The van der Waals surface area contributed by atoms with Crippen LogP contribution < -0.4 is 9.80 Å². The van der Waals surface area contributed by atoms with Gasteiger partial charge in [0.05, 0.1) is 0 Å². The van der Waals surface area contributed by atoms with Crippen molar-refractivity contribution in [2.75, 3.05) is 55.6 Å². The quantitative estimate of drug-likeness (QED) is 0.666. The average molecular weight is 441 g/mol. The van der Waals surface area contributed by atoms with Gasteiger partial charge in [-0.25, -0.2) is 4.39 Å². The Morgan fingerprint density at radius 3 is 1.78 bits per heavy atom. The molecule has 4 nitrogen and oxygen atoms in total. The molecule has 0 spiro atoms. The highest BCUT2D eigenvalue weighted by molar-refractivity contribution is 5.47. The molecule has 5 heteroatoms. The van der Waals surface area contributed by atoms with Crippen molar-refractivity contribution >= 4 is 11.4 Å². The zero-order valence-corrected chi connectivity index (χ0v) is 20.5. The fourth-order valence-electron chi connectivity index (χ4n) is 4.76. The van der Waals surface area contributed by atoms with Crippen LogP contribution >= 0.6 is 0 Å². The molecule has 2 heterocycles. The second-order valence-corrected chi connectivity index (χ2v) is 9.56. The smallest absolute Gasteiger partial charge is 0.123 e. The van der Waals surface area contributed by atoms with Crippen molar-refractivity contribution in [3.8, 4) is 0 Å². The van der Waals surface area contributed by atoms with Crippen molar-refractivity contribution in [3.05, 3.63) is 60.4 Å². The minimum Gasteiger partial charge on any atom is -0.369 e. The molecule has 2 aromatic carbocycles. The van der Waals surface area contributed by atoms with Crippen molar-refractivity contribution in [1.29, 1.82) is 0 Å². The summed E-state index contributed by atoms with van der Waals surface area (Å²) in [6.45, 7) is 19.1. The Hall–Kier alpha value is -2.11. The SMILES string of the molecule is CC(C)N1CCN(c2ccc(F)cc2)CC1C.CC(C)N1CCN(c2ccccc2)CC1.